The number of benzene rings is 1. The molecule has 0 bridgehead atoms. The third-order valence-electron chi connectivity index (χ3n) is 6.55. The van der Waals surface area contributed by atoms with E-state index in [0.29, 0.717) is 50.1 Å². The number of hydrogen-bond acceptors (Lipinski definition) is 13. The first-order valence-electron chi connectivity index (χ1n) is 12.5. The molecular formula is C22H30N6O11P2. The lowest BCUT2D eigenvalue weighted by Gasteiger charge is -2.27. The third-order valence-corrected chi connectivity index (χ3v) is 10.0. The summed E-state index contributed by atoms with van der Waals surface area (Å²) in [6.45, 7) is 1.41. The van der Waals surface area contributed by atoms with Crippen molar-refractivity contribution in [2.45, 2.75) is 30.8 Å². The molecule has 4 atom stereocenters. The van der Waals surface area contributed by atoms with Gasteiger partial charge < -0.3 is 54.2 Å². The highest BCUT2D eigenvalue weighted by Gasteiger charge is 2.56. The van der Waals surface area contributed by atoms with Crippen molar-refractivity contribution in [3.8, 4) is 0 Å². The van der Waals surface area contributed by atoms with Gasteiger partial charge in [-0.05, 0) is 5.56 Å². The number of nitrogens with zero attached hydrogens (tertiary/aromatic N) is 5. The van der Waals surface area contributed by atoms with Crippen molar-refractivity contribution < 1.29 is 53.1 Å². The predicted molar refractivity (Wildman–Crippen MR) is 142 cm³/mol. The van der Waals surface area contributed by atoms with Gasteiger partial charge in [-0.25, -0.2) is 4.98 Å². The van der Waals surface area contributed by atoms with Crippen LogP contribution < -0.4 is 10.2 Å². The molecule has 3 aromatic rings. The van der Waals surface area contributed by atoms with Crippen molar-refractivity contribution in [2.24, 2.45) is 0 Å². The molecule has 19 heteroatoms. The topological polar surface area (TPSA) is 242 Å². The summed E-state index contributed by atoms with van der Waals surface area (Å²) in [6.07, 6.45) is -4.00. The zero-order valence-corrected chi connectivity index (χ0v) is 23.3. The van der Waals surface area contributed by atoms with Gasteiger partial charge in [-0.3, -0.25) is 13.7 Å². The number of ether oxygens (including phenoxy) is 2. The Morgan fingerprint density at radius 3 is 2.49 bits per heavy atom. The molecule has 2 saturated heterocycles. The summed E-state index contributed by atoms with van der Waals surface area (Å²) >= 11 is 0. The molecule has 2 aliphatic rings. The van der Waals surface area contributed by atoms with Gasteiger partial charge in [0.2, 0.25) is 11.7 Å². The highest BCUT2D eigenvalue weighted by atomic mass is 31.2. The van der Waals surface area contributed by atoms with Crippen molar-refractivity contribution in [2.75, 3.05) is 49.0 Å². The number of rotatable bonds is 10. The monoisotopic (exact) mass is 616 g/mol. The minimum atomic E-state index is -4.92. The second-order valence-electron chi connectivity index (χ2n) is 9.62. The minimum Gasteiger partial charge on any atom is -0.383 e. The van der Waals surface area contributed by atoms with Crippen LogP contribution in [0.15, 0.2) is 36.7 Å². The summed E-state index contributed by atoms with van der Waals surface area (Å²) in [4.78, 5) is 43.3. The van der Waals surface area contributed by atoms with Gasteiger partial charge in [0.1, 0.15) is 6.10 Å². The van der Waals surface area contributed by atoms with E-state index in [4.69, 9.17) is 23.8 Å². The molecule has 0 aliphatic carbocycles. The number of aliphatic hydroxyl groups is 3. The van der Waals surface area contributed by atoms with Crippen molar-refractivity contribution in [1.29, 1.82) is 0 Å². The number of nitrogens with one attached hydrogen (secondary N) is 1. The summed E-state index contributed by atoms with van der Waals surface area (Å²) in [5.74, 6) is -3.74. The summed E-state index contributed by atoms with van der Waals surface area (Å²) in [5, 5.41) is 35.2. The van der Waals surface area contributed by atoms with E-state index in [0.717, 1.165) is 5.56 Å². The van der Waals surface area contributed by atoms with E-state index in [1.54, 1.807) is 0 Å². The first-order chi connectivity index (χ1) is 19.3. The van der Waals surface area contributed by atoms with Crippen LogP contribution in [-0.2, 0) is 29.7 Å². The maximum absolute atomic E-state index is 12.1. The quantitative estimate of drug-likeness (QED) is 0.113. The molecule has 224 valence electrons. The zero-order chi connectivity index (χ0) is 29.4. The normalized spacial score (nSPS) is 24.4. The lowest BCUT2D eigenvalue weighted by molar-refractivity contribution is -0.234. The van der Waals surface area contributed by atoms with Crippen LogP contribution in [0.1, 0.15) is 11.8 Å². The van der Waals surface area contributed by atoms with Crippen molar-refractivity contribution in [3.63, 3.8) is 0 Å². The van der Waals surface area contributed by atoms with Gasteiger partial charge in [0.05, 0.1) is 26.1 Å². The van der Waals surface area contributed by atoms with E-state index in [-0.39, 0.29) is 5.65 Å². The van der Waals surface area contributed by atoms with Gasteiger partial charge in [0.25, 0.3) is 0 Å². The van der Waals surface area contributed by atoms with Gasteiger partial charge in [0, 0.05) is 19.6 Å². The summed E-state index contributed by atoms with van der Waals surface area (Å²) in [6, 6.07) is 9.57. The summed E-state index contributed by atoms with van der Waals surface area (Å²) in [5.41, 5.74) is 1.47. The smallest absolute Gasteiger partial charge is 0.340 e. The lowest BCUT2D eigenvalue weighted by Crippen LogP contribution is -2.49. The first kappa shape index (κ1) is 29.9. The van der Waals surface area contributed by atoms with Crippen LogP contribution in [0.5, 0.6) is 0 Å². The maximum Gasteiger partial charge on any atom is 0.340 e. The number of aliphatic hydroxyl groups excluding tert-OH is 1. The van der Waals surface area contributed by atoms with E-state index in [1.165, 1.54) is 10.9 Å². The molecule has 17 nitrogen and oxygen atoms in total. The van der Waals surface area contributed by atoms with Crippen LogP contribution in [-0.4, -0.2) is 106 Å². The second-order valence-corrected chi connectivity index (χ2v) is 13.6. The molecule has 2 fully saturated rings. The van der Waals surface area contributed by atoms with Crippen LogP contribution in [0.3, 0.4) is 0 Å². The Labute approximate surface area is 233 Å². The zero-order valence-electron chi connectivity index (χ0n) is 21.5. The van der Waals surface area contributed by atoms with Gasteiger partial charge in [-0.2, -0.15) is 9.97 Å². The molecule has 4 heterocycles. The Kier molecular flexibility index (Phi) is 8.49. The fourth-order valence-electron chi connectivity index (χ4n) is 4.48. The van der Waals surface area contributed by atoms with E-state index < -0.39 is 51.9 Å². The SMILES string of the molecule is O=P(O)(O)CP(=O)(O)OC[C@H]1O[C@@H](n2cnc3c(NCc4ccccc4)nc(N4CCOCC4)nc32)[C@H](O)C1(O)O. The Balaban J connectivity index is 1.44. The molecule has 41 heavy (non-hydrogen) atoms. The number of imidazole rings is 1. The van der Waals surface area contributed by atoms with Crippen LogP contribution in [0.4, 0.5) is 11.8 Å². The number of anilines is 2. The average Bonchev–Trinajstić information content (AvgIpc) is 3.44. The summed E-state index contributed by atoms with van der Waals surface area (Å²) < 4.78 is 40.2. The highest BCUT2D eigenvalue weighted by molar-refractivity contribution is 7.70. The van der Waals surface area contributed by atoms with E-state index in [2.05, 4.69) is 20.3 Å². The summed E-state index contributed by atoms with van der Waals surface area (Å²) in [7, 11) is -9.75. The molecule has 7 N–H and O–H groups in total. The standard InChI is InChI=1S/C22H30N6O11P2/c29-17-20(39-15(22(17,30)31)11-38-41(35,36)13-40(32,33)34)28-12-24-16-18(23-10-14-4-2-1-3-5-14)25-21(26-19(16)28)27-6-8-37-9-7-27/h1-5,12,15,17,20,29-31H,6-11,13H2,(H,35,36)(H,23,25,26)(H2,32,33,34)/t15-,17+,20-/m1/s1. The van der Waals surface area contributed by atoms with Gasteiger partial charge in [-0.1, -0.05) is 30.3 Å². The molecular weight excluding hydrogens is 586 g/mol. The second kappa shape index (κ2) is 11.6. The molecule has 1 unspecified atom stereocenters. The molecule has 0 spiro atoms. The Morgan fingerprint density at radius 1 is 1.10 bits per heavy atom. The fraction of sp³-hybridized carbons (Fsp3) is 0.500. The lowest BCUT2D eigenvalue weighted by atomic mass is 10.1. The Morgan fingerprint density at radius 2 is 1.80 bits per heavy atom. The third kappa shape index (κ3) is 6.77. The minimum absolute atomic E-state index is 0.188. The molecule has 0 radical (unpaired) electrons. The molecule has 1 aromatic carbocycles. The Hall–Kier alpha value is -2.53. The van der Waals surface area contributed by atoms with E-state index in [9.17, 15) is 29.3 Å². The van der Waals surface area contributed by atoms with E-state index in [1.807, 2.05) is 35.2 Å². The van der Waals surface area contributed by atoms with E-state index >= 15 is 0 Å². The molecule has 5 rings (SSSR count). The van der Waals surface area contributed by atoms with Crippen molar-refractivity contribution in [1.82, 2.24) is 19.5 Å². The first-order valence-corrected chi connectivity index (χ1v) is 16.0. The predicted octanol–water partition coefficient (Wildman–Crippen LogP) is -0.449. The number of fused-ring (bicyclic) bond motifs is 1. The molecule has 2 aliphatic heterocycles. The van der Waals surface area contributed by atoms with Gasteiger partial charge in [-0.15, -0.1) is 0 Å². The van der Waals surface area contributed by atoms with Crippen molar-refractivity contribution in [3.05, 3.63) is 42.2 Å². The van der Waals surface area contributed by atoms with Crippen molar-refractivity contribution >= 4 is 38.1 Å². The van der Waals surface area contributed by atoms with Crippen LogP contribution in [0.2, 0.25) is 0 Å². The van der Waals surface area contributed by atoms with Gasteiger partial charge in [0.15, 0.2) is 35.2 Å². The average molecular weight is 616 g/mol. The molecule has 0 saturated carbocycles. The maximum atomic E-state index is 12.1. The number of morpholine rings is 1. The molecule has 0 amide bonds. The largest absolute Gasteiger partial charge is 0.383 e. The number of hydrogen-bond donors (Lipinski definition) is 7. The van der Waals surface area contributed by atoms with Crippen LogP contribution in [0, 0.1) is 0 Å². The fourth-order valence-corrected chi connectivity index (χ4v) is 7.04. The van der Waals surface area contributed by atoms with Crippen LogP contribution >= 0.6 is 15.2 Å². The molecule has 2 aromatic heterocycles. The van der Waals surface area contributed by atoms with Gasteiger partial charge >= 0.3 is 15.2 Å². The van der Waals surface area contributed by atoms with Crippen LogP contribution in [0.25, 0.3) is 11.2 Å². The number of aromatic nitrogens is 4. The highest BCUT2D eigenvalue weighted by Crippen LogP contribution is 2.55. The Bertz CT molecular complexity index is 1460.